The fourth-order valence-corrected chi connectivity index (χ4v) is 3.24. The molecule has 128 valence electrons. The second-order valence-electron chi connectivity index (χ2n) is 6.01. The average Bonchev–Trinajstić information content (AvgIpc) is 2.97. The van der Waals surface area contributed by atoms with Crippen LogP contribution in [0.5, 0.6) is 0 Å². The number of aliphatic carboxylic acids is 1. The first kappa shape index (κ1) is 17.8. The van der Waals surface area contributed by atoms with Gasteiger partial charge in [-0.05, 0) is 43.5 Å². The third kappa shape index (κ3) is 4.25. The van der Waals surface area contributed by atoms with Gasteiger partial charge in [-0.3, -0.25) is 9.69 Å². The van der Waals surface area contributed by atoms with Crippen molar-refractivity contribution in [2.45, 2.75) is 57.3 Å². The third-order valence-electron chi connectivity index (χ3n) is 4.43. The standard InChI is InChI=1S/C17H22F3NO2/c1-2-3-5-14(21-11-4-6-15(21)16(22)23)12-7-9-13(10-8-12)17(18,19)20/h7-10,14-15H,2-6,11H2,1H3,(H,22,23). The van der Waals surface area contributed by atoms with E-state index in [1.165, 1.54) is 12.1 Å². The molecule has 23 heavy (non-hydrogen) atoms. The zero-order valence-electron chi connectivity index (χ0n) is 13.1. The molecule has 0 spiro atoms. The molecule has 1 aromatic carbocycles. The molecule has 1 aliphatic rings. The summed E-state index contributed by atoms with van der Waals surface area (Å²) in [5.74, 6) is -0.851. The number of benzene rings is 1. The summed E-state index contributed by atoms with van der Waals surface area (Å²) in [6, 6.07) is 4.46. The molecule has 1 N–H and O–H groups in total. The van der Waals surface area contributed by atoms with E-state index in [-0.39, 0.29) is 6.04 Å². The van der Waals surface area contributed by atoms with Crippen LogP contribution in [0.2, 0.25) is 0 Å². The topological polar surface area (TPSA) is 40.5 Å². The van der Waals surface area contributed by atoms with Crippen LogP contribution < -0.4 is 0 Å². The Morgan fingerprint density at radius 2 is 2.00 bits per heavy atom. The van der Waals surface area contributed by atoms with Crippen LogP contribution in [0.3, 0.4) is 0 Å². The van der Waals surface area contributed by atoms with Crippen LogP contribution >= 0.6 is 0 Å². The van der Waals surface area contributed by atoms with E-state index in [1.54, 1.807) is 0 Å². The molecule has 0 radical (unpaired) electrons. The van der Waals surface area contributed by atoms with E-state index in [4.69, 9.17) is 0 Å². The Bertz CT molecular complexity index is 528. The predicted octanol–water partition coefficient (Wildman–Crippen LogP) is 4.49. The second kappa shape index (κ2) is 7.34. The molecule has 0 saturated carbocycles. The molecule has 1 aliphatic heterocycles. The number of likely N-dealkylation sites (tertiary alicyclic amines) is 1. The van der Waals surface area contributed by atoms with Crippen LogP contribution in [-0.2, 0) is 11.0 Å². The van der Waals surface area contributed by atoms with Crippen LogP contribution in [0.15, 0.2) is 24.3 Å². The van der Waals surface area contributed by atoms with Gasteiger partial charge in [0.05, 0.1) is 5.56 Å². The summed E-state index contributed by atoms with van der Waals surface area (Å²) < 4.78 is 38.1. The highest BCUT2D eigenvalue weighted by molar-refractivity contribution is 5.73. The van der Waals surface area contributed by atoms with Gasteiger partial charge in [-0.25, -0.2) is 0 Å². The number of hydrogen-bond donors (Lipinski definition) is 1. The zero-order chi connectivity index (χ0) is 17.0. The molecule has 2 unspecified atom stereocenters. The molecule has 0 amide bonds. The normalized spacial score (nSPS) is 20.6. The molecular formula is C17H22F3NO2. The van der Waals surface area contributed by atoms with Crippen LogP contribution in [-0.4, -0.2) is 28.6 Å². The Labute approximate surface area is 134 Å². The molecule has 1 heterocycles. The summed E-state index contributed by atoms with van der Waals surface area (Å²) in [6.07, 6.45) is -0.323. The number of halogens is 3. The summed E-state index contributed by atoms with van der Waals surface area (Å²) >= 11 is 0. The lowest BCUT2D eigenvalue weighted by Crippen LogP contribution is -2.38. The lowest BCUT2D eigenvalue weighted by molar-refractivity contribution is -0.143. The van der Waals surface area contributed by atoms with Crippen LogP contribution in [0, 0.1) is 0 Å². The maximum atomic E-state index is 12.7. The minimum absolute atomic E-state index is 0.138. The molecule has 1 saturated heterocycles. The van der Waals surface area contributed by atoms with Crippen molar-refractivity contribution in [2.75, 3.05) is 6.54 Å². The second-order valence-corrected chi connectivity index (χ2v) is 6.01. The van der Waals surface area contributed by atoms with Gasteiger partial charge in [0.15, 0.2) is 0 Å². The van der Waals surface area contributed by atoms with Crippen molar-refractivity contribution in [3.05, 3.63) is 35.4 Å². The molecule has 2 atom stereocenters. The molecule has 0 aliphatic carbocycles. The number of hydrogen-bond acceptors (Lipinski definition) is 2. The van der Waals surface area contributed by atoms with E-state index in [9.17, 15) is 23.1 Å². The minimum Gasteiger partial charge on any atom is -0.480 e. The Hall–Kier alpha value is -1.56. The first-order valence-electron chi connectivity index (χ1n) is 8.00. The lowest BCUT2D eigenvalue weighted by atomic mass is 9.97. The number of unbranched alkanes of at least 4 members (excludes halogenated alkanes) is 1. The summed E-state index contributed by atoms with van der Waals surface area (Å²) in [7, 11) is 0. The molecule has 6 heteroatoms. The van der Waals surface area contributed by atoms with E-state index in [1.807, 2.05) is 11.8 Å². The van der Waals surface area contributed by atoms with Crippen molar-refractivity contribution in [1.29, 1.82) is 0 Å². The van der Waals surface area contributed by atoms with Gasteiger partial charge in [0.1, 0.15) is 6.04 Å². The fourth-order valence-electron chi connectivity index (χ4n) is 3.24. The van der Waals surface area contributed by atoms with Crippen LogP contribution in [0.25, 0.3) is 0 Å². The van der Waals surface area contributed by atoms with Crippen molar-refractivity contribution in [1.82, 2.24) is 4.90 Å². The highest BCUT2D eigenvalue weighted by Crippen LogP contribution is 2.35. The molecule has 3 nitrogen and oxygen atoms in total. The number of carboxylic acid groups (broad SMARTS) is 1. The van der Waals surface area contributed by atoms with Gasteiger partial charge >= 0.3 is 12.1 Å². The van der Waals surface area contributed by atoms with Gasteiger partial charge in [0.2, 0.25) is 0 Å². The van der Waals surface area contributed by atoms with Gasteiger partial charge in [0, 0.05) is 6.04 Å². The highest BCUT2D eigenvalue weighted by Gasteiger charge is 2.36. The van der Waals surface area contributed by atoms with E-state index >= 15 is 0 Å². The van der Waals surface area contributed by atoms with Gasteiger partial charge in [-0.2, -0.15) is 13.2 Å². The smallest absolute Gasteiger partial charge is 0.416 e. The zero-order valence-corrected chi connectivity index (χ0v) is 13.1. The van der Waals surface area contributed by atoms with E-state index in [2.05, 4.69) is 0 Å². The summed E-state index contributed by atoms with van der Waals surface area (Å²) in [4.78, 5) is 13.3. The summed E-state index contributed by atoms with van der Waals surface area (Å²) in [6.45, 7) is 2.72. The first-order valence-corrected chi connectivity index (χ1v) is 8.00. The van der Waals surface area contributed by atoms with Crippen molar-refractivity contribution in [3.8, 4) is 0 Å². The molecule has 1 aromatic rings. The fraction of sp³-hybridized carbons (Fsp3) is 0.588. The van der Waals surface area contributed by atoms with E-state index in [0.717, 1.165) is 43.4 Å². The predicted molar refractivity (Wildman–Crippen MR) is 81.1 cm³/mol. The number of rotatable bonds is 6. The number of carbonyl (C=O) groups is 1. The quantitative estimate of drug-likeness (QED) is 0.836. The van der Waals surface area contributed by atoms with Gasteiger partial charge in [0.25, 0.3) is 0 Å². The molecular weight excluding hydrogens is 307 g/mol. The summed E-state index contributed by atoms with van der Waals surface area (Å²) in [5, 5.41) is 9.37. The Morgan fingerprint density at radius 3 is 2.52 bits per heavy atom. The van der Waals surface area contributed by atoms with Crippen LogP contribution in [0.1, 0.15) is 56.2 Å². The largest absolute Gasteiger partial charge is 0.480 e. The van der Waals surface area contributed by atoms with Gasteiger partial charge in [-0.15, -0.1) is 0 Å². The Kier molecular flexibility index (Phi) is 5.68. The monoisotopic (exact) mass is 329 g/mol. The third-order valence-corrected chi connectivity index (χ3v) is 4.43. The SMILES string of the molecule is CCCCC(c1ccc(C(F)(F)F)cc1)N1CCCC1C(=O)O. The number of alkyl halides is 3. The minimum atomic E-state index is -4.35. The molecule has 0 aromatic heterocycles. The number of carboxylic acids is 1. The molecule has 2 rings (SSSR count). The van der Waals surface area contributed by atoms with E-state index in [0.29, 0.717) is 13.0 Å². The number of nitrogens with zero attached hydrogens (tertiary/aromatic N) is 1. The average molecular weight is 329 g/mol. The van der Waals surface area contributed by atoms with E-state index < -0.39 is 23.8 Å². The molecule has 0 bridgehead atoms. The van der Waals surface area contributed by atoms with Crippen molar-refractivity contribution in [2.24, 2.45) is 0 Å². The highest BCUT2D eigenvalue weighted by atomic mass is 19.4. The maximum Gasteiger partial charge on any atom is 0.416 e. The Morgan fingerprint density at radius 1 is 1.35 bits per heavy atom. The Balaban J connectivity index is 2.26. The van der Waals surface area contributed by atoms with Gasteiger partial charge < -0.3 is 5.11 Å². The van der Waals surface area contributed by atoms with Crippen molar-refractivity contribution < 1.29 is 23.1 Å². The first-order chi connectivity index (χ1) is 10.8. The van der Waals surface area contributed by atoms with Crippen molar-refractivity contribution >= 4 is 5.97 Å². The van der Waals surface area contributed by atoms with Crippen LogP contribution in [0.4, 0.5) is 13.2 Å². The summed E-state index contributed by atoms with van der Waals surface area (Å²) in [5.41, 5.74) is 0.0892. The maximum absolute atomic E-state index is 12.7. The lowest BCUT2D eigenvalue weighted by Gasteiger charge is -2.31. The van der Waals surface area contributed by atoms with Crippen molar-refractivity contribution in [3.63, 3.8) is 0 Å². The molecule has 1 fully saturated rings. The van der Waals surface area contributed by atoms with Gasteiger partial charge in [-0.1, -0.05) is 31.9 Å².